The Morgan fingerprint density at radius 3 is 2.57 bits per heavy atom. The molecular weight excluding hydrogens is 319 g/mol. The monoisotopic (exact) mass is 336 g/mol. The lowest BCUT2D eigenvalue weighted by Gasteiger charge is -2.08. The van der Waals surface area contributed by atoms with Crippen molar-refractivity contribution in [1.82, 2.24) is 9.97 Å². The topological polar surface area (TPSA) is 66.9 Å². The molecule has 0 atom stereocenters. The smallest absolute Gasteiger partial charge is 0.224 e. The van der Waals surface area contributed by atoms with Crippen LogP contribution in [0.2, 0.25) is 5.02 Å². The predicted molar refractivity (Wildman–Crippen MR) is 89.3 cm³/mol. The van der Waals surface area contributed by atoms with E-state index in [0.29, 0.717) is 31.0 Å². The van der Waals surface area contributed by atoms with Crippen molar-refractivity contribution >= 4 is 29.1 Å². The van der Waals surface area contributed by atoms with Gasteiger partial charge in [0.25, 0.3) is 0 Å². The lowest BCUT2D eigenvalue weighted by atomic mass is 10.2. The Hall–Kier alpha value is -2.21. The van der Waals surface area contributed by atoms with Crippen LogP contribution in [0.25, 0.3) is 0 Å². The summed E-state index contributed by atoms with van der Waals surface area (Å²) in [5.41, 5.74) is 2.27. The number of nitrogens with one attached hydrogen (secondary N) is 2. The summed E-state index contributed by atoms with van der Waals surface area (Å²) < 4.78 is 13.0. The van der Waals surface area contributed by atoms with Gasteiger partial charge in [0, 0.05) is 30.0 Å². The normalized spacial score (nSPS) is 10.4. The van der Waals surface area contributed by atoms with Crippen molar-refractivity contribution in [2.45, 2.75) is 26.7 Å². The van der Waals surface area contributed by atoms with Crippen LogP contribution in [0.1, 0.15) is 24.2 Å². The molecule has 2 rings (SSSR count). The number of hydrogen-bond acceptors (Lipinski definition) is 4. The Labute approximate surface area is 139 Å². The van der Waals surface area contributed by atoms with Crippen molar-refractivity contribution in [3.05, 3.63) is 46.5 Å². The molecule has 1 heterocycles. The maximum absolute atomic E-state index is 13.0. The molecule has 0 aliphatic heterocycles. The van der Waals surface area contributed by atoms with Crippen molar-refractivity contribution < 1.29 is 9.18 Å². The van der Waals surface area contributed by atoms with Gasteiger partial charge in [-0.3, -0.25) is 4.79 Å². The molecule has 0 radical (unpaired) electrons. The fraction of sp³-hybridized carbons (Fsp3) is 0.312. The van der Waals surface area contributed by atoms with Gasteiger partial charge in [0.2, 0.25) is 11.9 Å². The Morgan fingerprint density at radius 1 is 1.22 bits per heavy atom. The van der Waals surface area contributed by atoms with Crippen molar-refractivity contribution in [2.24, 2.45) is 0 Å². The summed E-state index contributed by atoms with van der Waals surface area (Å²) in [4.78, 5) is 20.3. The predicted octanol–water partition coefficient (Wildman–Crippen LogP) is 3.72. The highest BCUT2D eigenvalue weighted by Crippen LogP contribution is 2.19. The van der Waals surface area contributed by atoms with Crippen molar-refractivity contribution in [1.29, 1.82) is 0 Å². The largest absolute Gasteiger partial charge is 0.354 e. The molecule has 0 fully saturated rings. The molecule has 0 aliphatic carbocycles. The molecule has 7 heteroatoms. The third-order valence-corrected chi connectivity index (χ3v) is 3.34. The second-order valence-electron chi connectivity index (χ2n) is 5.18. The number of rotatable bonds is 6. The maximum Gasteiger partial charge on any atom is 0.224 e. The van der Waals surface area contributed by atoms with Gasteiger partial charge in [-0.05, 0) is 44.5 Å². The zero-order valence-corrected chi connectivity index (χ0v) is 13.7. The van der Waals surface area contributed by atoms with E-state index in [1.807, 2.05) is 19.9 Å². The molecule has 0 saturated carbocycles. The molecule has 0 spiro atoms. The number of amides is 1. The first-order valence-corrected chi connectivity index (χ1v) is 7.63. The van der Waals surface area contributed by atoms with Gasteiger partial charge in [0.1, 0.15) is 5.82 Å². The Balaban J connectivity index is 1.75. The number of carbonyl (C=O) groups excluding carboxylic acids is 1. The van der Waals surface area contributed by atoms with Gasteiger partial charge in [-0.25, -0.2) is 14.4 Å². The van der Waals surface area contributed by atoms with Crippen molar-refractivity contribution in [2.75, 3.05) is 17.2 Å². The van der Waals surface area contributed by atoms with Crippen LogP contribution < -0.4 is 10.6 Å². The number of aryl methyl sites for hydroxylation is 2. The van der Waals surface area contributed by atoms with Gasteiger partial charge in [-0.2, -0.15) is 0 Å². The van der Waals surface area contributed by atoms with Gasteiger partial charge in [-0.15, -0.1) is 0 Å². The minimum Gasteiger partial charge on any atom is -0.354 e. The number of hydrogen-bond donors (Lipinski definition) is 2. The molecule has 2 aromatic rings. The number of carbonyl (C=O) groups is 1. The standard InChI is InChI=1S/C16H18ClFN4O/c1-10-8-11(2)21-16(20-10)19-7-3-4-15(23)22-12-5-6-14(18)13(17)9-12/h5-6,8-9H,3-4,7H2,1-2H3,(H,22,23)(H,19,20,21). The number of nitrogens with zero attached hydrogens (tertiary/aromatic N) is 2. The highest BCUT2D eigenvalue weighted by Gasteiger charge is 2.05. The lowest BCUT2D eigenvalue weighted by Crippen LogP contribution is -2.14. The van der Waals surface area contributed by atoms with E-state index in [-0.39, 0.29) is 10.9 Å². The molecule has 0 bridgehead atoms. The average Bonchev–Trinajstić information content (AvgIpc) is 2.46. The summed E-state index contributed by atoms with van der Waals surface area (Å²) in [5.74, 6) is -0.105. The number of anilines is 2. The molecule has 1 aromatic heterocycles. The second-order valence-corrected chi connectivity index (χ2v) is 5.59. The van der Waals surface area contributed by atoms with Gasteiger partial charge >= 0.3 is 0 Å². The van der Waals surface area contributed by atoms with Crippen LogP contribution in [0, 0.1) is 19.7 Å². The van der Waals surface area contributed by atoms with E-state index in [1.54, 1.807) is 0 Å². The first-order valence-electron chi connectivity index (χ1n) is 7.25. The third-order valence-electron chi connectivity index (χ3n) is 3.05. The minimum atomic E-state index is -0.512. The summed E-state index contributed by atoms with van der Waals surface area (Å²) in [5, 5.41) is 5.75. The first-order chi connectivity index (χ1) is 10.9. The van der Waals surface area contributed by atoms with Crippen LogP contribution in [0.3, 0.4) is 0 Å². The summed E-state index contributed by atoms with van der Waals surface area (Å²) in [7, 11) is 0. The molecule has 1 aromatic carbocycles. The fourth-order valence-corrected chi connectivity index (χ4v) is 2.23. The van der Waals surface area contributed by atoms with E-state index in [4.69, 9.17) is 11.6 Å². The fourth-order valence-electron chi connectivity index (χ4n) is 2.05. The van der Waals surface area contributed by atoms with E-state index in [9.17, 15) is 9.18 Å². The van der Waals surface area contributed by atoms with Crippen molar-refractivity contribution in [3.8, 4) is 0 Å². The molecular formula is C16H18ClFN4O. The molecule has 0 saturated heterocycles. The van der Waals surface area contributed by atoms with Gasteiger partial charge < -0.3 is 10.6 Å². The number of halogens is 2. The molecule has 23 heavy (non-hydrogen) atoms. The van der Waals surface area contributed by atoms with E-state index >= 15 is 0 Å². The van der Waals surface area contributed by atoms with Crippen molar-refractivity contribution in [3.63, 3.8) is 0 Å². The third kappa shape index (κ3) is 5.49. The van der Waals surface area contributed by atoms with Gasteiger partial charge in [0.15, 0.2) is 0 Å². The van der Waals surface area contributed by atoms with Crippen LogP contribution in [-0.2, 0) is 4.79 Å². The van der Waals surface area contributed by atoms with Crippen LogP contribution >= 0.6 is 11.6 Å². The average molecular weight is 337 g/mol. The van der Waals surface area contributed by atoms with Crippen LogP contribution in [0.4, 0.5) is 16.0 Å². The highest BCUT2D eigenvalue weighted by molar-refractivity contribution is 6.31. The number of benzene rings is 1. The molecule has 0 unspecified atom stereocenters. The first kappa shape index (κ1) is 17.1. The summed E-state index contributed by atoms with van der Waals surface area (Å²) >= 11 is 5.67. The van der Waals surface area contributed by atoms with E-state index < -0.39 is 5.82 Å². The molecule has 1 amide bonds. The van der Waals surface area contributed by atoms with E-state index in [2.05, 4.69) is 20.6 Å². The maximum atomic E-state index is 13.0. The van der Waals surface area contributed by atoms with Crippen LogP contribution in [0.15, 0.2) is 24.3 Å². The Bertz CT molecular complexity index is 688. The highest BCUT2D eigenvalue weighted by atomic mass is 35.5. The molecule has 122 valence electrons. The molecule has 0 aliphatic rings. The molecule has 2 N–H and O–H groups in total. The SMILES string of the molecule is Cc1cc(C)nc(NCCCC(=O)Nc2ccc(F)c(Cl)c2)n1. The van der Waals surface area contributed by atoms with Gasteiger partial charge in [0.05, 0.1) is 5.02 Å². The minimum absolute atomic E-state index is 0.0172. The molecule has 5 nitrogen and oxygen atoms in total. The van der Waals surface area contributed by atoms with Crippen LogP contribution in [0.5, 0.6) is 0 Å². The summed E-state index contributed by atoms with van der Waals surface area (Å²) in [6.07, 6.45) is 0.948. The number of aromatic nitrogens is 2. The lowest BCUT2D eigenvalue weighted by molar-refractivity contribution is -0.116. The zero-order valence-electron chi connectivity index (χ0n) is 13.0. The Morgan fingerprint density at radius 2 is 1.91 bits per heavy atom. The Kier molecular flexibility index (Phi) is 5.87. The summed E-state index contributed by atoms with van der Waals surface area (Å²) in [6.45, 7) is 4.39. The second kappa shape index (κ2) is 7.87. The van der Waals surface area contributed by atoms with Crippen LogP contribution in [-0.4, -0.2) is 22.4 Å². The van der Waals surface area contributed by atoms with E-state index in [1.165, 1.54) is 18.2 Å². The quantitative estimate of drug-likeness (QED) is 0.789. The van der Waals surface area contributed by atoms with E-state index in [0.717, 1.165) is 11.4 Å². The zero-order chi connectivity index (χ0) is 16.8. The summed E-state index contributed by atoms with van der Waals surface area (Å²) in [6, 6.07) is 5.97. The van der Waals surface area contributed by atoms with Gasteiger partial charge in [-0.1, -0.05) is 11.6 Å².